The van der Waals surface area contributed by atoms with Crippen LogP contribution in [0.4, 0.5) is 5.69 Å². The average molecular weight is 376 g/mol. The van der Waals surface area contributed by atoms with E-state index < -0.39 is 0 Å². The predicted octanol–water partition coefficient (Wildman–Crippen LogP) is 4.22. The normalized spacial score (nSPS) is 12.0. The van der Waals surface area contributed by atoms with Crippen molar-refractivity contribution in [2.24, 2.45) is 0 Å². The van der Waals surface area contributed by atoms with Crippen molar-refractivity contribution in [1.29, 1.82) is 0 Å². The Labute approximate surface area is 167 Å². The largest absolute Gasteiger partial charge is 0.378 e. The van der Waals surface area contributed by atoms with Gasteiger partial charge in [-0.05, 0) is 41.0 Å². The van der Waals surface area contributed by atoms with Crippen molar-refractivity contribution < 1.29 is 4.79 Å². The monoisotopic (exact) mass is 375 g/mol. The van der Waals surface area contributed by atoms with Gasteiger partial charge in [-0.3, -0.25) is 4.79 Å². The first kappa shape index (κ1) is 19.9. The number of likely N-dealkylation sites (N-methyl/N-ethyl adjacent to an activating group) is 1. The molecule has 3 rings (SSSR count). The van der Waals surface area contributed by atoms with Gasteiger partial charge in [0.15, 0.2) is 0 Å². The third-order valence-corrected chi connectivity index (χ3v) is 5.15. The van der Waals surface area contributed by atoms with Crippen molar-refractivity contribution in [3.05, 3.63) is 77.9 Å². The molecule has 1 amide bonds. The number of anilines is 1. The van der Waals surface area contributed by atoms with Crippen molar-refractivity contribution in [2.75, 3.05) is 32.6 Å². The lowest BCUT2D eigenvalue weighted by Gasteiger charge is -2.21. The molecule has 146 valence electrons. The van der Waals surface area contributed by atoms with Crippen molar-refractivity contribution in [3.8, 4) is 0 Å². The average Bonchev–Trinajstić information content (AvgIpc) is 2.71. The predicted molar refractivity (Wildman–Crippen MR) is 118 cm³/mol. The Kier molecular flexibility index (Phi) is 6.32. The second-order valence-corrected chi connectivity index (χ2v) is 7.48. The molecule has 0 aliphatic heterocycles. The first-order valence-electron chi connectivity index (χ1n) is 9.67. The number of benzene rings is 3. The van der Waals surface area contributed by atoms with Crippen LogP contribution in [0.2, 0.25) is 0 Å². The minimum Gasteiger partial charge on any atom is -0.378 e. The fourth-order valence-corrected chi connectivity index (χ4v) is 3.37. The summed E-state index contributed by atoms with van der Waals surface area (Å²) < 4.78 is 0. The van der Waals surface area contributed by atoms with Gasteiger partial charge in [-0.2, -0.15) is 0 Å². The number of fused-ring (bicyclic) bond motifs is 1. The number of hydrogen-bond acceptors (Lipinski definition) is 3. The van der Waals surface area contributed by atoms with E-state index in [1.807, 2.05) is 27.2 Å². The highest BCUT2D eigenvalue weighted by Crippen LogP contribution is 2.24. The molecular weight excluding hydrogens is 346 g/mol. The molecule has 4 heteroatoms. The lowest BCUT2D eigenvalue weighted by atomic mass is 10.00. The van der Waals surface area contributed by atoms with Gasteiger partial charge < -0.3 is 15.1 Å². The molecule has 28 heavy (non-hydrogen) atoms. The summed E-state index contributed by atoms with van der Waals surface area (Å²) in [6.45, 7) is 3.03. The Morgan fingerprint density at radius 3 is 2.32 bits per heavy atom. The van der Waals surface area contributed by atoms with Crippen LogP contribution in [-0.4, -0.2) is 38.5 Å². The van der Waals surface area contributed by atoms with E-state index in [-0.39, 0.29) is 11.9 Å². The Hall–Kier alpha value is -2.85. The number of amides is 1. The Bertz CT molecular complexity index is 929. The topological polar surface area (TPSA) is 35.6 Å². The van der Waals surface area contributed by atoms with E-state index >= 15 is 0 Å². The molecule has 0 unspecified atom stereocenters. The number of nitrogens with one attached hydrogen (secondary N) is 1. The molecule has 4 nitrogen and oxygen atoms in total. The van der Waals surface area contributed by atoms with Gasteiger partial charge in [0, 0.05) is 39.4 Å². The Balaban J connectivity index is 1.58. The van der Waals surface area contributed by atoms with Crippen LogP contribution in [-0.2, 0) is 11.3 Å². The van der Waals surface area contributed by atoms with Crippen molar-refractivity contribution in [1.82, 2.24) is 10.2 Å². The van der Waals surface area contributed by atoms with E-state index in [9.17, 15) is 4.79 Å². The summed E-state index contributed by atoms with van der Waals surface area (Å²) in [5.41, 5.74) is 3.50. The van der Waals surface area contributed by atoms with E-state index in [0.717, 1.165) is 11.3 Å². The standard InChI is InChI=1S/C24H29N3O/c1-18(22-11-7-9-20-8-5-6-10-23(20)22)25-16-24(28)27(4)17-19-12-14-21(15-13-19)26(2)3/h5-15,18,25H,16-17H2,1-4H3/t18-/m1/s1. The van der Waals surface area contributed by atoms with Gasteiger partial charge in [0.25, 0.3) is 0 Å². The highest BCUT2D eigenvalue weighted by atomic mass is 16.2. The van der Waals surface area contributed by atoms with Gasteiger partial charge >= 0.3 is 0 Å². The summed E-state index contributed by atoms with van der Waals surface area (Å²) in [5, 5.41) is 5.83. The minimum absolute atomic E-state index is 0.0868. The van der Waals surface area contributed by atoms with Crippen LogP contribution in [0, 0.1) is 0 Å². The molecule has 1 atom stereocenters. The maximum Gasteiger partial charge on any atom is 0.236 e. The van der Waals surface area contributed by atoms with Gasteiger partial charge in [-0.25, -0.2) is 0 Å². The third kappa shape index (κ3) is 4.70. The molecule has 0 aromatic heterocycles. The van der Waals surface area contributed by atoms with Crippen molar-refractivity contribution >= 4 is 22.4 Å². The molecule has 0 aliphatic rings. The van der Waals surface area contributed by atoms with Gasteiger partial charge in [0.2, 0.25) is 5.91 Å². The minimum atomic E-state index is 0.0868. The zero-order chi connectivity index (χ0) is 20.1. The summed E-state index contributed by atoms with van der Waals surface area (Å²) in [6, 6.07) is 23.1. The SMILES string of the molecule is C[C@@H](NCC(=O)N(C)Cc1ccc(N(C)C)cc1)c1cccc2ccccc12. The number of nitrogens with zero attached hydrogens (tertiary/aromatic N) is 2. The second kappa shape index (κ2) is 8.89. The fraction of sp³-hybridized carbons (Fsp3) is 0.292. The molecule has 0 radical (unpaired) electrons. The maximum atomic E-state index is 12.6. The van der Waals surface area contributed by atoms with E-state index in [4.69, 9.17) is 0 Å². The quantitative estimate of drug-likeness (QED) is 0.672. The zero-order valence-electron chi connectivity index (χ0n) is 17.1. The number of carbonyl (C=O) groups is 1. The molecule has 1 N–H and O–H groups in total. The fourth-order valence-electron chi connectivity index (χ4n) is 3.37. The lowest BCUT2D eigenvalue weighted by molar-refractivity contribution is -0.129. The van der Waals surface area contributed by atoms with Crippen LogP contribution in [0.1, 0.15) is 24.1 Å². The summed E-state index contributed by atoms with van der Waals surface area (Å²) in [6.07, 6.45) is 0. The van der Waals surface area contributed by atoms with E-state index in [2.05, 4.69) is 77.8 Å². The molecule has 3 aromatic rings. The van der Waals surface area contributed by atoms with E-state index in [0.29, 0.717) is 13.1 Å². The smallest absolute Gasteiger partial charge is 0.236 e. The first-order chi connectivity index (χ1) is 13.5. The van der Waals surface area contributed by atoms with Crippen molar-refractivity contribution in [3.63, 3.8) is 0 Å². The third-order valence-electron chi connectivity index (χ3n) is 5.15. The van der Waals surface area contributed by atoms with Crippen LogP contribution in [0.3, 0.4) is 0 Å². The maximum absolute atomic E-state index is 12.6. The number of hydrogen-bond donors (Lipinski definition) is 1. The van der Waals surface area contributed by atoms with E-state index in [1.165, 1.54) is 16.3 Å². The lowest BCUT2D eigenvalue weighted by Crippen LogP contribution is -2.36. The van der Waals surface area contributed by atoms with Crippen LogP contribution in [0.25, 0.3) is 10.8 Å². The molecule has 0 saturated heterocycles. The molecule has 0 spiro atoms. The van der Waals surface area contributed by atoms with E-state index in [1.54, 1.807) is 4.90 Å². The molecule has 0 bridgehead atoms. The molecule has 3 aromatic carbocycles. The summed E-state index contributed by atoms with van der Waals surface area (Å²) in [4.78, 5) is 16.4. The number of carbonyl (C=O) groups excluding carboxylic acids is 1. The van der Waals surface area contributed by atoms with Gasteiger partial charge in [-0.15, -0.1) is 0 Å². The number of rotatable bonds is 7. The molecule has 0 fully saturated rings. The molecule has 0 saturated carbocycles. The van der Waals surface area contributed by atoms with Crippen LogP contribution >= 0.6 is 0 Å². The second-order valence-electron chi connectivity index (χ2n) is 7.48. The van der Waals surface area contributed by atoms with Crippen LogP contribution in [0.15, 0.2) is 66.7 Å². The molecule has 0 heterocycles. The zero-order valence-corrected chi connectivity index (χ0v) is 17.1. The highest BCUT2D eigenvalue weighted by Gasteiger charge is 2.13. The Morgan fingerprint density at radius 1 is 0.929 bits per heavy atom. The summed E-state index contributed by atoms with van der Waals surface area (Å²) >= 11 is 0. The highest BCUT2D eigenvalue weighted by molar-refractivity contribution is 5.86. The molecule has 0 aliphatic carbocycles. The first-order valence-corrected chi connectivity index (χ1v) is 9.67. The van der Waals surface area contributed by atoms with Crippen molar-refractivity contribution in [2.45, 2.75) is 19.5 Å². The van der Waals surface area contributed by atoms with Crippen LogP contribution in [0.5, 0.6) is 0 Å². The molecular formula is C24H29N3O. The Morgan fingerprint density at radius 2 is 1.61 bits per heavy atom. The summed E-state index contributed by atoms with van der Waals surface area (Å²) in [5.74, 6) is 0.0868. The van der Waals surface area contributed by atoms with Crippen LogP contribution < -0.4 is 10.2 Å². The van der Waals surface area contributed by atoms with Gasteiger partial charge in [-0.1, -0.05) is 54.6 Å². The van der Waals surface area contributed by atoms with Gasteiger partial charge in [0.05, 0.1) is 6.54 Å². The van der Waals surface area contributed by atoms with Gasteiger partial charge in [0.1, 0.15) is 0 Å². The summed E-state index contributed by atoms with van der Waals surface area (Å²) in [7, 11) is 5.90.